The third kappa shape index (κ3) is 9.59. The lowest BCUT2D eigenvalue weighted by molar-refractivity contribution is -0.153. The molecular formula is C57H50ClN3O7. The van der Waals surface area contributed by atoms with E-state index in [-0.39, 0.29) is 51.0 Å². The third-order valence-corrected chi connectivity index (χ3v) is 13.1. The summed E-state index contributed by atoms with van der Waals surface area (Å²) in [6.45, 7) is 1.91. The van der Waals surface area contributed by atoms with Crippen molar-refractivity contribution in [1.29, 1.82) is 0 Å². The fourth-order valence-corrected chi connectivity index (χ4v) is 9.79. The first kappa shape index (κ1) is 45.5. The van der Waals surface area contributed by atoms with E-state index in [2.05, 4.69) is 40.2 Å². The molecule has 0 radical (unpaired) electrons. The van der Waals surface area contributed by atoms with Crippen LogP contribution in [0.4, 0.5) is 9.59 Å². The number of aryl methyl sites for hydroxylation is 1. The number of rotatable bonds is 16. The number of esters is 1. The highest BCUT2D eigenvalue weighted by molar-refractivity contribution is 6.31. The van der Waals surface area contributed by atoms with E-state index in [1.165, 1.54) is 0 Å². The van der Waals surface area contributed by atoms with Gasteiger partial charge in [-0.3, -0.25) is 9.59 Å². The summed E-state index contributed by atoms with van der Waals surface area (Å²) in [4.78, 5) is 54.5. The number of ether oxygens (including phenoxy) is 3. The average molecular weight is 924 g/mol. The van der Waals surface area contributed by atoms with Gasteiger partial charge >= 0.3 is 18.2 Å². The van der Waals surface area contributed by atoms with Crippen molar-refractivity contribution in [3.8, 4) is 22.3 Å². The van der Waals surface area contributed by atoms with E-state index in [9.17, 15) is 19.2 Å². The van der Waals surface area contributed by atoms with Gasteiger partial charge in [0.05, 0.1) is 12.5 Å². The monoisotopic (exact) mass is 923 g/mol. The Labute approximate surface area is 400 Å². The van der Waals surface area contributed by atoms with Crippen LogP contribution in [-0.4, -0.2) is 56.4 Å². The second kappa shape index (κ2) is 20.4. The number of alkyl carbamates (subject to hydrolysis) is 2. The van der Waals surface area contributed by atoms with Gasteiger partial charge in [0.1, 0.15) is 13.2 Å². The molecule has 0 saturated carbocycles. The SMILES string of the molecule is Cc1ccc(C(OC(=O)CCNC(=O)C[C@H](CNC(=O)OCC2c3ccccc3-c3ccccc32)NC(=O)OCC2c3ccccc3-c3ccccc32)(c2ccccc2)c2ccccc2Cl)cc1. The van der Waals surface area contributed by atoms with Crippen LogP contribution in [0.2, 0.25) is 5.02 Å². The topological polar surface area (TPSA) is 132 Å². The summed E-state index contributed by atoms with van der Waals surface area (Å²) in [6.07, 6.45) is -1.89. The van der Waals surface area contributed by atoms with Gasteiger partial charge in [-0.15, -0.1) is 0 Å². The minimum absolute atomic E-state index is 0.0575. The maximum absolute atomic E-state index is 14.0. The van der Waals surface area contributed by atoms with Gasteiger partial charge in [-0.1, -0.05) is 187 Å². The zero-order valence-corrected chi connectivity index (χ0v) is 38.2. The average Bonchev–Trinajstić information content (AvgIpc) is 3.86. The molecule has 0 aromatic heterocycles. The highest BCUT2D eigenvalue weighted by Gasteiger charge is 2.42. The first-order valence-electron chi connectivity index (χ1n) is 22.8. The number of carbonyl (C=O) groups is 4. The molecule has 0 aliphatic heterocycles. The molecule has 2 aliphatic carbocycles. The fourth-order valence-electron chi connectivity index (χ4n) is 9.52. The summed E-state index contributed by atoms with van der Waals surface area (Å²) >= 11 is 6.85. The first-order chi connectivity index (χ1) is 33.2. The van der Waals surface area contributed by atoms with Crippen molar-refractivity contribution in [2.75, 3.05) is 26.3 Å². The van der Waals surface area contributed by atoms with Crippen molar-refractivity contribution in [3.63, 3.8) is 0 Å². The van der Waals surface area contributed by atoms with Crippen LogP contribution in [0, 0.1) is 6.92 Å². The Morgan fingerprint density at radius 1 is 0.559 bits per heavy atom. The second-order valence-electron chi connectivity index (χ2n) is 17.0. The molecule has 11 heteroatoms. The predicted molar refractivity (Wildman–Crippen MR) is 262 cm³/mol. The number of fused-ring (bicyclic) bond motifs is 6. The molecule has 2 atom stereocenters. The van der Waals surface area contributed by atoms with Crippen molar-refractivity contribution in [1.82, 2.24) is 16.0 Å². The molecule has 0 bridgehead atoms. The van der Waals surface area contributed by atoms with Gasteiger partial charge in [-0.25, -0.2) is 9.59 Å². The van der Waals surface area contributed by atoms with Crippen LogP contribution >= 0.6 is 11.6 Å². The molecular weight excluding hydrogens is 874 g/mol. The molecule has 0 fully saturated rings. The van der Waals surface area contributed by atoms with E-state index in [0.717, 1.165) is 50.1 Å². The predicted octanol–water partition coefficient (Wildman–Crippen LogP) is 10.8. The standard InChI is InChI=1S/C57H50ClN3O7/c1-37-27-29-39(30-28-37)57(38-15-3-2-4-16-38,51-25-13-14-26-52(51)58)68-54(63)31-32-59-53(62)33-40(61-56(65)67-36-50-47-23-11-7-19-43(47)44-20-8-12-24-48(44)50)34-60-55(64)66-35-49-45-21-9-5-17-41(45)42-18-6-10-22-46(42)49/h2-30,40,49-50H,31-36H2,1H3,(H,59,62)(H,60,64)(H,61,65)/t40-,57?/m1/s1. The van der Waals surface area contributed by atoms with Crippen LogP contribution in [0.1, 0.15) is 69.2 Å². The molecule has 68 heavy (non-hydrogen) atoms. The molecule has 7 aromatic rings. The summed E-state index contributed by atoms with van der Waals surface area (Å²) in [5.74, 6) is -1.40. The molecule has 1 unspecified atom stereocenters. The zero-order chi connectivity index (χ0) is 47.0. The van der Waals surface area contributed by atoms with Crippen molar-refractivity contribution >= 4 is 35.7 Å². The second-order valence-corrected chi connectivity index (χ2v) is 17.5. The number of hydrogen-bond acceptors (Lipinski definition) is 7. The molecule has 2 aliphatic rings. The van der Waals surface area contributed by atoms with Crippen molar-refractivity contribution in [2.45, 2.75) is 43.2 Å². The van der Waals surface area contributed by atoms with Gasteiger partial charge < -0.3 is 30.2 Å². The Morgan fingerprint density at radius 2 is 1.03 bits per heavy atom. The van der Waals surface area contributed by atoms with E-state index in [1.54, 1.807) is 6.07 Å². The summed E-state index contributed by atoms with van der Waals surface area (Å²) < 4.78 is 18.1. The number of carbonyl (C=O) groups excluding carboxylic acids is 4. The van der Waals surface area contributed by atoms with Crippen molar-refractivity contribution in [2.24, 2.45) is 0 Å². The quantitative estimate of drug-likeness (QED) is 0.0499. The number of benzene rings is 7. The molecule has 3 amide bonds. The molecule has 3 N–H and O–H groups in total. The maximum atomic E-state index is 14.0. The van der Waals surface area contributed by atoms with Gasteiger partial charge in [0.2, 0.25) is 5.91 Å². The molecule has 342 valence electrons. The zero-order valence-electron chi connectivity index (χ0n) is 37.5. The Morgan fingerprint density at radius 3 is 1.57 bits per heavy atom. The van der Waals surface area contributed by atoms with E-state index in [4.69, 9.17) is 25.8 Å². The van der Waals surface area contributed by atoms with Crippen molar-refractivity contribution in [3.05, 3.63) is 225 Å². The first-order valence-corrected chi connectivity index (χ1v) is 23.1. The lowest BCUT2D eigenvalue weighted by atomic mass is 9.79. The molecule has 7 aromatic carbocycles. The van der Waals surface area contributed by atoms with Crippen LogP contribution < -0.4 is 16.0 Å². The summed E-state index contributed by atoms with van der Waals surface area (Å²) in [7, 11) is 0. The lowest BCUT2D eigenvalue weighted by Gasteiger charge is -2.36. The normalized spacial score (nSPS) is 13.7. The number of halogens is 1. The minimum atomic E-state index is -1.41. The highest BCUT2D eigenvalue weighted by atomic mass is 35.5. The Balaban J connectivity index is 0.865. The smallest absolute Gasteiger partial charge is 0.407 e. The summed E-state index contributed by atoms with van der Waals surface area (Å²) in [6, 6.07) is 55.7. The summed E-state index contributed by atoms with van der Waals surface area (Å²) in [5.41, 5.74) is 10.2. The number of amides is 3. The van der Waals surface area contributed by atoms with Crippen LogP contribution in [-0.2, 0) is 29.4 Å². The highest BCUT2D eigenvalue weighted by Crippen LogP contribution is 2.47. The molecule has 9 rings (SSSR count). The van der Waals surface area contributed by atoms with E-state index in [1.807, 2.05) is 153 Å². The van der Waals surface area contributed by atoms with Gasteiger partial charge in [0, 0.05) is 53.1 Å². The molecule has 0 spiro atoms. The van der Waals surface area contributed by atoms with Crippen molar-refractivity contribution < 1.29 is 33.4 Å². The van der Waals surface area contributed by atoms with E-state index < -0.39 is 35.7 Å². The maximum Gasteiger partial charge on any atom is 0.407 e. The molecule has 10 nitrogen and oxygen atoms in total. The van der Waals surface area contributed by atoms with Gasteiger partial charge in [-0.05, 0) is 57.5 Å². The molecule has 0 saturated heterocycles. The van der Waals surface area contributed by atoms with E-state index in [0.29, 0.717) is 21.7 Å². The Bertz CT molecular complexity index is 2870. The van der Waals surface area contributed by atoms with Crippen LogP contribution in [0.3, 0.4) is 0 Å². The largest absolute Gasteiger partial charge is 0.449 e. The van der Waals surface area contributed by atoms with Gasteiger partial charge in [0.15, 0.2) is 5.60 Å². The van der Waals surface area contributed by atoms with Crippen LogP contribution in [0.25, 0.3) is 22.3 Å². The third-order valence-electron chi connectivity index (χ3n) is 12.7. The Hall–Kier alpha value is -7.69. The van der Waals surface area contributed by atoms with Gasteiger partial charge in [-0.2, -0.15) is 0 Å². The fraction of sp³-hybridized carbons (Fsp3) is 0.193. The number of hydrogen-bond donors (Lipinski definition) is 3. The Kier molecular flexibility index (Phi) is 13.7. The van der Waals surface area contributed by atoms with Crippen LogP contribution in [0.5, 0.6) is 0 Å². The molecule has 0 heterocycles. The van der Waals surface area contributed by atoms with Crippen LogP contribution in [0.15, 0.2) is 176 Å². The minimum Gasteiger partial charge on any atom is -0.449 e. The number of nitrogens with one attached hydrogen (secondary N) is 3. The lowest BCUT2D eigenvalue weighted by Crippen LogP contribution is -2.47. The summed E-state index contributed by atoms with van der Waals surface area (Å²) in [5, 5.41) is 8.77. The van der Waals surface area contributed by atoms with E-state index >= 15 is 0 Å². The van der Waals surface area contributed by atoms with Gasteiger partial charge in [0.25, 0.3) is 0 Å².